The van der Waals surface area contributed by atoms with Crippen molar-refractivity contribution in [2.45, 2.75) is 26.5 Å². The molecule has 0 aliphatic heterocycles. The molecule has 20 heavy (non-hydrogen) atoms. The highest BCUT2D eigenvalue weighted by Crippen LogP contribution is 2.29. The lowest BCUT2D eigenvalue weighted by atomic mass is 10.3. The van der Waals surface area contributed by atoms with Crippen LogP contribution in [0.1, 0.15) is 23.6 Å². The fraction of sp³-hybridized carbons (Fsp3) is 0.267. The molecule has 0 radical (unpaired) electrons. The van der Waals surface area contributed by atoms with Gasteiger partial charge in [-0.3, -0.25) is 0 Å². The molecule has 0 fully saturated rings. The zero-order valence-electron chi connectivity index (χ0n) is 11.3. The van der Waals surface area contributed by atoms with Crippen molar-refractivity contribution in [3.05, 3.63) is 45.1 Å². The molecule has 0 amide bonds. The third kappa shape index (κ3) is 3.89. The lowest BCUT2D eigenvalue weighted by molar-refractivity contribution is 0.242. The van der Waals surface area contributed by atoms with Crippen molar-refractivity contribution in [1.29, 1.82) is 5.26 Å². The molecule has 0 unspecified atom stereocenters. The van der Waals surface area contributed by atoms with Crippen LogP contribution in [0.5, 0.6) is 5.75 Å². The summed E-state index contributed by atoms with van der Waals surface area (Å²) in [5.74, 6) is 0.690. The molecular formula is C15H15ClN2OS. The zero-order chi connectivity index (χ0) is 14.5. The molecule has 0 spiro atoms. The van der Waals surface area contributed by atoms with Crippen molar-refractivity contribution in [3.8, 4) is 11.8 Å². The standard InChI is InChI=1S/C15H15ClN2OS/c1-10(2)19-15-6-3-11(7-14(15)16)18-9-13-5-4-12(8-17)20-13/h3-7,10,18H,9H2,1-2H3. The first-order chi connectivity index (χ1) is 9.58. The summed E-state index contributed by atoms with van der Waals surface area (Å²) in [6.07, 6.45) is 0.0989. The van der Waals surface area contributed by atoms with Crippen LogP contribution in [0.3, 0.4) is 0 Å². The van der Waals surface area contributed by atoms with Gasteiger partial charge in [-0.1, -0.05) is 11.6 Å². The summed E-state index contributed by atoms with van der Waals surface area (Å²) >= 11 is 7.66. The van der Waals surface area contributed by atoms with Gasteiger partial charge in [-0.2, -0.15) is 5.26 Å². The van der Waals surface area contributed by atoms with Gasteiger partial charge in [-0.25, -0.2) is 0 Å². The number of halogens is 1. The number of anilines is 1. The molecule has 104 valence electrons. The van der Waals surface area contributed by atoms with E-state index >= 15 is 0 Å². The topological polar surface area (TPSA) is 45.0 Å². The first-order valence-electron chi connectivity index (χ1n) is 6.27. The number of benzene rings is 1. The number of nitrogens with one attached hydrogen (secondary N) is 1. The van der Waals surface area contributed by atoms with Crippen molar-refractivity contribution >= 4 is 28.6 Å². The Kier molecular flexibility index (Phi) is 4.89. The summed E-state index contributed by atoms with van der Waals surface area (Å²) in [6.45, 7) is 4.60. The van der Waals surface area contributed by atoms with Gasteiger partial charge in [0, 0.05) is 17.1 Å². The van der Waals surface area contributed by atoms with E-state index in [2.05, 4.69) is 11.4 Å². The molecule has 3 nitrogen and oxygen atoms in total. The number of nitrogens with zero attached hydrogens (tertiary/aromatic N) is 1. The average molecular weight is 307 g/mol. The molecule has 5 heteroatoms. The molecular weight excluding hydrogens is 292 g/mol. The summed E-state index contributed by atoms with van der Waals surface area (Å²) in [7, 11) is 0. The Balaban J connectivity index is 2.00. The molecule has 0 atom stereocenters. The Labute approximate surface area is 127 Å². The van der Waals surface area contributed by atoms with Crippen LogP contribution in [-0.4, -0.2) is 6.10 Å². The van der Waals surface area contributed by atoms with E-state index in [9.17, 15) is 0 Å². The maximum Gasteiger partial charge on any atom is 0.138 e. The third-order valence-electron chi connectivity index (χ3n) is 2.53. The minimum atomic E-state index is 0.0989. The predicted octanol–water partition coefficient (Wildman–Crippen LogP) is 4.67. The number of hydrogen-bond donors (Lipinski definition) is 1. The van der Waals surface area contributed by atoms with Gasteiger partial charge in [0.2, 0.25) is 0 Å². The molecule has 0 aliphatic carbocycles. The van der Waals surface area contributed by atoms with Gasteiger partial charge in [-0.15, -0.1) is 11.3 Å². The molecule has 1 aromatic heterocycles. The van der Waals surface area contributed by atoms with Gasteiger partial charge in [-0.05, 0) is 44.2 Å². The predicted molar refractivity (Wildman–Crippen MR) is 83.6 cm³/mol. The fourth-order valence-electron chi connectivity index (χ4n) is 1.68. The molecule has 0 saturated carbocycles. The van der Waals surface area contributed by atoms with Gasteiger partial charge in [0.05, 0.1) is 11.1 Å². The Morgan fingerprint density at radius 2 is 2.15 bits per heavy atom. The average Bonchev–Trinajstić information content (AvgIpc) is 2.87. The third-order valence-corrected chi connectivity index (χ3v) is 3.82. The van der Waals surface area contributed by atoms with Crippen LogP contribution in [0.2, 0.25) is 5.02 Å². The van der Waals surface area contributed by atoms with Gasteiger partial charge < -0.3 is 10.1 Å². The second-order valence-electron chi connectivity index (χ2n) is 4.54. The van der Waals surface area contributed by atoms with Crippen molar-refractivity contribution in [3.63, 3.8) is 0 Å². The minimum Gasteiger partial charge on any atom is -0.489 e. The Morgan fingerprint density at radius 3 is 2.75 bits per heavy atom. The van der Waals surface area contributed by atoms with Crippen LogP contribution in [0.15, 0.2) is 30.3 Å². The Hall–Kier alpha value is -1.70. The maximum atomic E-state index is 8.78. The number of nitriles is 1. The van der Waals surface area contributed by atoms with E-state index in [4.69, 9.17) is 21.6 Å². The van der Waals surface area contributed by atoms with E-state index in [0.717, 1.165) is 15.4 Å². The normalized spacial score (nSPS) is 10.3. The van der Waals surface area contributed by atoms with Crippen LogP contribution in [-0.2, 0) is 6.54 Å². The van der Waals surface area contributed by atoms with Crippen LogP contribution >= 0.6 is 22.9 Å². The number of ether oxygens (including phenoxy) is 1. The monoisotopic (exact) mass is 306 g/mol. The number of thiophene rings is 1. The first kappa shape index (κ1) is 14.7. The molecule has 0 bridgehead atoms. The van der Waals surface area contributed by atoms with Gasteiger partial charge >= 0.3 is 0 Å². The van der Waals surface area contributed by atoms with E-state index in [-0.39, 0.29) is 6.10 Å². The highest BCUT2D eigenvalue weighted by atomic mass is 35.5. The molecule has 1 aromatic carbocycles. The van der Waals surface area contributed by atoms with Gasteiger partial charge in [0.1, 0.15) is 16.7 Å². The molecule has 2 aromatic rings. The Morgan fingerprint density at radius 1 is 1.35 bits per heavy atom. The van der Waals surface area contributed by atoms with Crippen LogP contribution in [0.25, 0.3) is 0 Å². The molecule has 1 N–H and O–H groups in total. The second kappa shape index (κ2) is 6.65. The smallest absolute Gasteiger partial charge is 0.138 e. The maximum absolute atomic E-state index is 8.78. The molecule has 0 saturated heterocycles. The van der Waals surface area contributed by atoms with E-state index in [1.54, 1.807) is 0 Å². The summed E-state index contributed by atoms with van der Waals surface area (Å²) < 4.78 is 5.59. The quantitative estimate of drug-likeness (QED) is 0.873. The van der Waals surface area contributed by atoms with E-state index < -0.39 is 0 Å². The zero-order valence-corrected chi connectivity index (χ0v) is 12.9. The molecule has 0 aliphatic rings. The van der Waals surface area contributed by atoms with Gasteiger partial charge in [0.25, 0.3) is 0 Å². The number of hydrogen-bond acceptors (Lipinski definition) is 4. The fourth-order valence-corrected chi connectivity index (χ4v) is 2.65. The van der Waals surface area contributed by atoms with Crippen LogP contribution in [0.4, 0.5) is 5.69 Å². The SMILES string of the molecule is CC(C)Oc1ccc(NCc2ccc(C#N)s2)cc1Cl. The largest absolute Gasteiger partial charge is 0.489 e. The first-order valence-corrected chi connectivity index (χ1v) is 7.47. The van der Waals surface area contributed by atoms with Crippen molar-refractivity contribution in [2.75, 3.05) is 5.32 Å². The summed E-state index contributed by atoms with van der Waals surface area (Å²) in [6, 6.07) is 11.6. The van der Waals surface area contributed by atoms with E-state index in [0.29, 0.717) is 17.3 Å². The van der Waals surface area contributed by atoms with Crippen LogP contribution < -0.4 is 10.1 Å². The van der Waals surface area contributed by atoms with E-state index in [1.807, 2.05) is 44.2 Å². The highest BCUT2D eigenvalue weighted by molar-refractivity contribution is 7.12. The lowest BCUT2D eigenvalue weighted by Crippen LogP contribution is -2.06. The second-order valence-corrected chi connectivity index (χ2v) is 6.12. The van der Waals surface area contributed by atoms with Crippen molar-refractivity contribution in [1.82, 2.24) is 0 Å². The van der Waals surface area contributed by atoms with E-state index in [1.165, 1.54) is 11.3 Å². The summed E-state index contributed by atoms with van der Waals surface area (Å²) in [5, 5.41) is 12.7. The number of rotatable bonds is 5. The molecule has 1 heterocycles. The van der Waals surface area contributed by atoms with Crippen molar-refractivity contribution in [2.24, 2.45) is 0 Å². The summed E-state index contributed by atoms with van der Waals surface area (Å²) in [4.78, 5) is 1.83. The summed E-state index contributed by atoms with van der Waals surface area (Å²) in [5.41, 5.74) is 0.929. The van der Waals surface area contributed by atoms with Crippen LogP contribution in [0, 0.1) is 11.3 Å². The minimum absolute atomic E-state index is 0.0989. The van der Waals surface area contributed by atoms with Gasteiger partial charge in [0.15, 0.2) is 0 Å². The molecule has 2 rings (SSSR count). The lowest BCUT2D eigenvalue weighted by Gasteiger charge is -2.12. The Bertz CT molecular complexity index is 631. The highest BCUT2D eigenvalue weighted by Gasteiger charge is 2.05. The van der Waals surface area contributed by atoms with Crippen molar-refractivity contribution < 1.29 is 4.74 Å².